The van der Waals surface area contributed by atoms with Gasteiger partial charge in [-0.3, -0.25) is 9.48 Å². The topological polar surface area (TPSA) is 71.6 Å². The zero-order valence-corrected chi connectivity index (χ0v) is 18.9. The van der Waals surface area contributed by atoms with Gasteiger partial charge in [0.2, 0.25) is 0 Å². The second-order valence-electron chi connectivity index (χ2n) is 9.80. The molecular formula is C25H29N5O. The summed E-state index contributed by atoms with van der Waals surface area (Å²) in [5.41, 5.74) is 6.69. The predicted octanol–water partition coefficient (Wildman–Crippen LogP) is 5.05. The molecular weight excluding hydrogens is 386 g/mol. The number of rotatable bonds is 3. The van der Waals surface area contributed by atoms with Crippen LogP contribution in [0.4, 0.5) is 0 Å². The van der Waals surface area contributed by atoms with Gasteiger partial charge in [-0.15, -0.1) is 0 Å². The lowest BCUT2D eigenvalue weighted by Crippen LogP contribution is -2.51. The number of aromatic nitrogens is 2. The Hall–Kier alpha value is -3.02. The third kappa shape index (κ3) is 2.92. The van der Waals surface area contributed by atoms with Crippen molar-refractivity contribution in [1.82, 2.24) is 15.1 Å². The molecule has 0 bridgehead atoms. The minimum atomic E-state index is -0.523. The molecule has 5 rings (SSSR count). The largest absolute Gasteiger partial charge is 0.362 e. The van der Waals surface area contributed by atoms with E-state index >= 15 is 0 Å². The molecule has 6 heteroatoms. The molecule has 0 amide bonds. The summed E-state index contributed by atoms with van der Waals surface area (Å²) in [5, 5.41) is 16.9. The number of nitrogens with zero attached hydrogens (tertiary/aromatic N) is 4. The van der Waals surface area contributed by atoms with Crippen molar-refractivity contribution in [3.8, 4) is 11.1 Å². The molecule has 0 saturated heterocycles. The van der Waals surface area contributed by atoms with E-state index in [1.165, 1.54) is 0 Å². The third-order valence-electron chi connectivity index (χ3n) is 6.98. The molecule has 2 aromatic rings. The highest BCUT2D eigenvalue weighted by Gasteiger charge is 2.53. The van der Waals surface area contributed by atoms with Crippen LogP contribution in [0.2, 0.25) is 0 Å². The number of benzene rings is 1. The van der Waals surface area contributed by atoms with E-state index in [1.807, 2.05) is 31.0 Å². The van der Waals surface area contributed by atoms with E-state index in [-0.39, 0.29) is 17.4 Å². The van der Waals surface area contributed by atoms with Gasteiger partial charge in [-0.1, -0.05) is 39.0 Å². The van der Waals surface area contributed by atoms with E-state index in [0.29, 0.717) is 6.42 Å². The summed E-state index contributed by atoms with van der Waals surface area (Å²) in [5.74, 6) is 0.234. The Morgan fingerprint density at radius 3 is 2.74 bits per heavy atom. The number of hydrogen-bond acceptors (Lipinski definition) is 5. The smallest absolute Gasteiger partial charge is 0.165 e. The van der Waals surface area contributed by atoms with E-state index in [1.54, 1.807) is 0 Å². The maximum atomic E-state index is 13.7. The zero-order valence-electron chi connectivity index (χ0n) is 18.9. The fourth-order valence-electron chi connectivity index (χ4n) is 5.74. The van der Waals surface area contributed by atoms with Crippen molar-refractivity contribution in [3.63, 3.8) is 0 Å². The van der Waals surface area contributed by atoms with Gasteiger partial charge in [-0.2, -0.15) is 15.3 Å². The van der Waals surface area contributed by atoms with Gasteiger partial charge in [0.05, 0.1) is 17.3 Å². The summed E-state index contributed by atoms with van der Waals surface area (Å²) in [6.07, 6.45) is 5.88. The summed E-state index contributed by atoms with van der Waals surface area (Å²) in [6, 6.07) is 8.57. The first-order valence-corrected chi connectivity index (χ1v) is 11.0. The first-order chi connectivity index (χ1) is 14.7. The van der Waals surface area contributed by atoms with Crippen molar-refractivity contribution in [2.75, 3.05) is 0 Å². The minimum Gasteiger partial charge on any atom is -0.362 e. The van der Waals surface area contributed by atoms with Gasteiger partial charge in [-0.25, -0.2) is 0 Å². The maximum Gasteiger partial charge on any atom is 0.165 e. The standard InChI is InChI=1S/C25H29N5O/c1-6-25(18-9-7-8-16(10-18)17-13-26-30(5)14-17)21-15(2)28-29-23(21)27-19-11-24(3,4)12-20(31)22(19)25/h7-10,13-14,23,27H,6,11-12H2,1-5H3. The van der Waals surface area contributed by atoms with Gasteiger partial charge in [0, 0.05) is 42.1 Å². The quantitative estimate of drug-likeness (QED) is 0.763. The second-order valence-corrected chi connectivity index (χ2v) is 9.80. The number of aryl methyl sites for hydroxylation is 1. The molecule has 1 N–H and O–H groups in total. The molecule has 2 atom stereocenters. The molecule has 6 nitrogen and oxygen atoms in total. The molecule has 31 heavy (non-hydrogen) atoms. The van der Waals surface area contributed by atoms with Gasteiger partial charge in [0.15, 0.2) is 11.9 Å². The van der Waals surface area contributed by atoms with E-state index in [0.717, 1.165) is 52.1 Å². The van der Waals surface area contributed by atoms with Crippen molar-refractivity contribution >= 4 is 5.78 Å². The van der Waals surface area contributed by atoms with Crippen LogP contribution in [0.25, 0.3) is 11.1 Å². The highest BCUT2D eigenvalue weighted by molar-refractivity contribution is 6.01. The van der Waals surface area contributed by atoms with Crippen molar-refractivity contribution in [2.24, 2.45) is 22.7 Å². The van der Waals surface area contributed by atoms with Crippen LogP contribution in [-0.2, 0) is 17.3 Å². The van der Waals surface area contributed by atoms with Crippen LogP contribution in [0.3, 0.4) is 0 Å². The number of nitrogens with one attached hydrogen (secondary N) is 1. The number of ketones is 1. The zero-order chi connectivity index (χ0) is 22.0. The molecule has 3 heterocycles. The molecule has 2 aliphatic heterocycles. The number of allylic oxidation sites excluding steroid dienone is 3. The van der Waals surface area contributed by atoms with Gasteiger partial charge in [0.25, 0.3) is 0 Å². The van der Waals surface area contributed by atoms with Gasteiger partial charge >= 0.3 is 0 Å². The lowest BCUT2D eigenvalue weighted by Gasteiger charge is -2.48. The van der Waals surface area contributed by atoms with Crippen LogP contribution in [-0.4, -0.2) is 21.7 Å². The van der Waals surface area contributed by atoms with Crippen molar-refractivity contribution in [3.05, 3.63) is 64.8 Å². The van der Waals surface area contributed by atoms with Crippen LogP contribution in [0.1, 0.15) is 52.5 Å². The second kappa shape index (κ2) is 6.74. The van der Waals surface area contributed by atoms with Crippen LogP contribution in [0.15, 0.2) is 69.4 Å². The normalized spacial score (nSPS) is 26.7. The van der Waals surface area contributed by atoms with Gasteiger partial charge in [0.1, 0.15) is 0 Å². The van der Waals surface area contributed by atoms with E-state index < -0.39 is 5.41 Å². The Morgan fingerprint density at radius 1 is 1.23 bits per heavy atom. The number of carbonyl (C=O) groups excluding carboxylic acids is 1. The highest BCUT2D eigenvalue weighted by atomic mass is 16.1. The average molecular weight is 416 g/mol. The number of hydrogen-bond donors (Lipinski definition) is 1. The van der Waals surface area contributed by atoms with Crippen LogP contribution >= 0.6 is 0 Å². The lowest BCUT2D eigenvalue weighted by molar-refractivity contribution is -0.119. The molecule has 0 saturated carbocycles. The van der Waals surface area contributed by atoms with Gasteiger partial charge < -0.3 is 5.32 Å². The van der Waals surface area contributed by atoms with E-state index in [9.17, 15) is 4.79 Å². The Morgan fingerprint density at radius 2 is 2.03 bits per heavy atom. The van der Waals surface area contributed by atoms with Crippen molar-refractivity contribution in [2.45, 2.75) is 58.5 Å². The first kappa shape index (κ1) is 19.9. The number of azo groups is 1. The summed E-state index contributed by atoms with van der Waals surface area (Å²) in [7, 11) is 1.92. The molecule has 1 aromatic carbocycles. The summed E-state index contributed by atoms with van der Waals surface area (Å²) in [6.45, 7) is 8.52. The van der Waals surface area contributed by atoms with E-state index in [4.69, 9.17) is 0 Å². The third-order valence-corrected chi connectivity index (χ3v) is 6.98. The predicted molar refractivity (Wildman–Crippen MR) is 120 cm³/mol. The minimum absolute atomic E-state index is 0.0635. The summed E-state index contributed by atoms with van der Waals surface area (Å²) in [4.78, 5) is 13.7. The molecule has 2 unspecified atom stereocenters. The SMILES string of the molecule is CCC1(c2cccc(-c3cnn(C)c3)c2)C2=C(CC(C)(C)CC2=O)NC2N=NC(C)=C21. The number of fused-ring (bicyclic) bond motifs is 1. The van der Waals surface area contributed by atoms with E-state index in [2.05, 4.69) is 65.7 Å². The Balaban J connectivity index is 1.77. The first-order valence-electron chi connectivity index (χ1n) is 11.0. The molecule has 0 radical (unpaired) electrons. The molecule has 160 valence electrons. The highest BCUT2D eigenvalue weighted by Crippen LogP contribution is 2.55. The molecule has 1 aliphatic carbocycles. The Bertz CT molecular complexity index is 1180. The Kier molecular flexibility index (Phi) is 4.33. The molecule has 0 fully saturated rings. The summed E-state index contributed by atoms with van der Waals surface area (Å²) < 4.78 is 1.81. The van der Waals surface area contributed by atoms with Crippen molar-refractivity contribution in [1.29, 1.82) is 0 Å². The number of Topliss-reactive ketones (excluding diaryl/α,β-unsaturated/α-hetero) is 1. The molecule has 0 spiro atoms. The van der Waals surface area contributed by atoms with Gasteiger partial charge in [-0.05, 0) is 42.4 Å². The monoisotopic (exact) mass is 415 g/mol. The Labute approximate surface area is 183 Å². The van der Waals surface area contributed by atoms with Crippen molar-refractivity contribution < 1.29 is 4.79 Å². The fraction of sp³-hybridized carbons (Fsp3) is 0.440. The maximum absolute atomic E-state index is 13.7. The molecule has 1 aromatic heterocycles. The summed E-state index contributed by atoms with van der Waals surface area (Å²) >= 11 is 0. The van der Waals surface area contributed by atoms with Crippen LogP contribution in [0, 0.1) is 5.41 Å². The average Bonchev–Trinajstić information content (AvgIpc) is 3.31. The van der Waals surface area contributed by atoms with Crippen LogP contribution < -0.4 is 5.32 Å². The fourth-order valence-corrected chi connectivity index (χ4v) is 5.74. The number of carbonyl (C=O) groups is 1. The molecule has 3 aliphatic rings. The van der Waals surface area contributed by atoms with Crippen LogP contribution in [0.5, 0.6) is 0 Å². The lowest BCUT2D eigenvalue weighted by atomic mass is 9.58.